The van der Waals surface area contributed by atoms with E-state index in [0.29, 0.717) is 5.75 Å². The Morgan fingerprint density at radius 3 is 2.69 bits per heavy atom. The second-order valence-electron chi connectivity index (χ2n) is 3.90. The minimum Gasteiger partial charge on any atom is -0.497 e. The van der Waals surface area contributed by atoms with E-state index in [0.717, 1.165) is 29.2 Å². The molecule has 0 saturated carbocycles. The van der Waals surface area contributed by atoms with Crippen LogP contribution in [0, 0.1) is 0 Å². The second kappa shape index (κ2) is 4.55. The summed E-state index contributed by atoms with van der Waals surface area (Å²) in [5.41, 5.74) is 0.114. The summed E-state index contributed by atoms with van der Waals surface area (Å²) in [6.45, 7) is 0. The Labute approximate surface area is 99.8 Å². The zero-order valence-electron chi connectivity index (χ0n) is 9.53. The van der Waals surface area contributed by atoms with Crippen molar-refractivity contribution in [1.29, 1.82) is 0 Å². The van der Waals surface area contributed by atoms with Gasteiger partial charge in [-0.05, 0) is 24.3 Å². The minimum atomic E-state index is -0.748. The van der Waals surface area contributed by atoms with Crippen molar-refractivity contribution in [3.8, 4) is 11.5 Å². The standard InChI is InChI=1S/C12H16O3S/c1-14-9-3-4-10(11(7-9)15-2)12(13)5-6-16-8-12/h3-4,7,13H,5-6,8H2,1-2H3. The van der Waals surface area contributed by atoms with E-state index in [1.165, 1.54) is 0 Å². The molecule has 0 aliphatic carbocycles. The van der Waals surface area contributed by atoms with Crippen molar-refractivity contribution in [1.82, 2.24) is 0 Å². The fourth-order valence-electron chi connectivity index (χ4n) is 1.95. The number of methoxy groups -OCH3 is 2. The van der Waals surface area contributed by atoms with Crippen LogP contribution < -0.4 is 9.47 Å². The van der Waals surface area contributed by atoms with Gasteiger partial charge in [0.25, 0.3) is 0 Å². The summed E-state index contributed by atoms with van der Waals surface area (Å²) in [5, 5.41) is 10.5. The van der Waals surface area contributed by atoms with Gasteiger partial charge < -0.3 is 14.6 Å². The van der Waals surface area contributed by atoms with E-state index >= 15 is 0 Å². The molecule has 1 aromatic rings. The lowest BCUT2D eigenvalue weighted by Gasteiger charge is -2.24. The molecule has 2 rings (SSSR count). The summed E-state index contributed by atoms with van der Waals surface area (Å²) >= 11 is 1.77. The van der Waals surface area contributed by atoms with Gasteiger partial charge in [-0.3, -0.25) is 0 Å². The van der Waals surface area contributed by atoms with Crippen LogP contribution in [0.5, 0.6) is 11.5 Å². The Kier molecular flexibility index (Phi) is 3.30. The average molecular weight is 240 g/mol. The van der Waals surface area contributed by atoms with Crippen molar-refractivity contribution in [2.75, 3.05) is 25.7 Å². The average Bonchev–Trinajstić information content (AvgIpc) is 2.76. The van der Waals surface area contributed by atoms with Gasteiger partial charge in [0.05, 0.1) is 14.2 Å². The molecular formula is C12H16O3S. The smallest absolute Gasteiger partial charge is 0.128 e. The molecule has 3 nitrogen and oxygen atoms in total. The van der Waals surface area contributed by atoms with E-state index in [1.54, 1.807) is 26.0 Å². The largest absolute Gasteiger partial charge is 0.497 e. The zero-order chi connectivity index (χ0) is 11.6. The van der Waals surface area contributed by atoms with Crippen LogP contribution in [0.25, 0.3) is 0 Å². The van der Waals surface area contributed by atoms with Gasteiger partial charge >= 0.3 is 0 Å². The van der Waals surface area contributed by atoms with Crippen molar-refractivity contribution >= 4 is 11.8 Å². The highest BCUT2D eigenvalue weighted by Crippen LogP contribution is 2.41. The molecule has 16 heavy (non-hydrogen) atoms. The first-order valence-electron chi connectivity index (χ1n) is 5.22. The fourth-order valence-corrected chi connectivity index (χ4v) is 3.21. The maximum Gasteiger partial charge on any atom is 0.128 e. The highest BCUT2D eigenvalue weighted by atomic mass is 32.2. The van der Waals surface area contributed by atoms with Gasteiger partial charge in [-0.25, -0.2) is 0 Å². The molecule has 1 N–H and O–H groups in total. The molecule has 1 unspecified atom stereocenters. The molecule has 88 valence electrons. The van der Waals surface area contributed by atoms with Gasteiger partial charge in [-0.15, -0.1) is 0 Å². The van der Waals surface area contributed by atoms with Gasteiger partial charge in [0, 0.05) is 17.4 Å². The third-order valence-electron chi connectivity index (χ3n) is 2.91. The molecule has 1 fully saturated rings. The van der Waals surface area contributed by atoms with Gasteiger partial charge in [-0.2, -0.15) is 11.8 Å². The summed E-state index contributed by atoms with van der Waals surface area (Å²) in [4.78, 5) is 0. The molecule has 0 aromatic heterocycles. The predicted octanol–water partition coefficient (Wildman–Crippen LogP) is 2.03. The molecule has 0 radical (unpaired) electrons. The topological polar surface area (TPSA) is 38.7 Å². The zero-order valence-corrected chi connectivity index (χ0v) is 10.3. The van der Waals surface area contributed by atoms with Crippen LogP contribution in [0.4, 0.5) is 0 Å². The van der Waals surface area contributed by atoms with Gasteiger partial charge in [0.15, 0.2) is 0 Å². The Hall–Kier alpha value is -0.870. The lowest BCUT2D eigenvalue weighted by Crippen LogP contribution is -2.25. The van der Waals surface area contributed by atoms with E-state index in [-0.39, 0.29) is 0 Å². The fraction of sp³-hybridized carbons (Fsp3) is 0.500. The lowest BCUT2D eigenvalue weighted by molar-refractivity contribution is 0.0629. The highest BCUT2D eigenvalue weighted by molar-refractivity contribution is 7.99. The first kappa shape index (κ1) is 11.6. The highest BCUT2D eigenvalue weighted by Gasteiger charge is 2.36. The van der Waals surface area contributed by atoms with Gasteiger partial charge in [0.2, 0.25) is 0 Å². The molecule has 1 saturated heterocycles. The molecule has 0 bridgehead atoms. The quantitative estimate of drug-likeness (QED) is 0.877. The third-order valence-corrected chi connectivity index (χ3v) is 4.09. The van der Waals surface area contributed by atoms with E-state index in [1.807, 2.05) is 18.2 Å². The number of rotatable bonds is 3. The van der Waals surface area contributed by atoms with Crippen molar-refractivity contribution in [3.05, 3.63) is 23.8 Å². The van der Waals surface area contributed by atoms with Gasteiger partial charge in [0.1, 0.15) is 17.1 Å². The molecule has 1 aromatic carbocycles. The molecule has 1 atom stereocenters. The van der Waals surface area contributed by atoms with E-state index in [9.17, 15) is 5.11 Å². The van der Waals surface area contributed by atoms with Crippen LogP contribution in [0.15, 0.2) is 18.2 Å². The number of hydrogen-bond acceptors (Lipinski definition) is 4. The number of thioether (sulfide) groups is 1. The molecule has 1 aliphatic heterocycles. The maximum atomic E-state index is 10.5. The van der Waals surface area contributed by atoms with Crippen LogP contribution in [-0.4, -0.2) is 30.8 Å². The molecule has 4 heteroatoms. The predicted molar refractivity (Wildman–Crippen MR) is 65.4 cm³/mol. The second-order valence-corrected chi connectivity index (χ2v) is 5.01. The first-order chi connectivity index (χ1) is 7.69. The van der Waals surface area contributed by atoms with Crippen molar-refractivity contribution < 1.29 is 14.6 Å². The van der Waals surface area contributed by atoms with Crippen LogP contribution >= 0.6 is 11.8 Å². The summed E-state index contributed by atoms with van der Waals surface area (Å²) in [6, 6.07) is 5.57. The Morgan fingerprint density at radius 2 is 2.12 bits per heavy atom. The summed E-state index contributed by atoms with van der Waals surface area (Å²) < 4.78 is 10.5. The number of hydrogen-bond donors (Lipinski definition) is 1. The molecule has 0 amide bonds. The van der Waals surface area contributed by atoms with Crippen molar-refractivity contribution in [3.63, 3.8) is 0 Å². The summed E-state index contributed by atoms with van der Waals surface area (Å²) in [7, 11) is 3.23. The summed E-state index contributed by atoms with van der Waals surface area (Å²) in [5.74, 6) is 3.17. The Bertz CT molecular complexity index is 373. The Morgan fingerprint density at radius 1 is 1.31 bits per heavy atom. The molecule has 0 spiro atoms. The van der Waals surface area contributed by atoms with E-state index < -0.39 is 5.60 Å². The van der Waals surface area contributed by atoms with Crippen LogP contribution in [-0.2, 0) is 5.60 Å². The maximum absolute atomic E-state index is 10.5. The normalized spacial score (nSPS) is 24.4. The Balaban J connectivity index is 2.39. The number of benzene rings is 1. The third kappa shape index (κ3) is 1.99. The number of ether oxygens (including phenoxy) is 2. The van der Waals surface area contributed by atoms with Crippen molar-refractivity contribution in [2.45, 2.75) is 12.0 Å². The van der Waals surface area contributed by atoms with Crippen LogP contribution in [0.2, 0.25) is 0 Å². The molecular weight excluding hydrogens is 224 g/mol. The SMILES string of the molecule is COc1ccc(C2(O)CCSC2)c(OC)c1. The lowest BCUT2D eigenvalue weighted by atomic mass is 9.92. The minimum absolute atomic E-state index is 0.698. The monoisotopic (exact) mass is 240 g/mol. The van der Waals surface area contributed by atoms with E-state index in [2.05, 4.69) is 0 Å². The van der Waals surface area contributed by atoms with Gasteiger partial charge in [-0.1, -0.05) is 0 Å². The van der Waals surface area contributed by atoms with Crippen LogP contribution in [0.3, 0.4) is 0 Å². The van der Waals surface area contributed by atoms with E-state index in [4.69, 9.17) is 9.47 Å². The van der Waals surface area contributed by atoms with Crippen LogP contribution in [0.1, 0.15) is 12.0 Å². The summed E-state index contributed by atoms with van der Waals surface area (Å²) in [6.07, 6.45) is 0.778. The first-order valence-corrected chi connectivity index (χ1v) is 6.38. The molecule has 1 heterocycles. The molecule has 1 aliphatic rings. The number of aliphatic hydroxyl groups is 1. The van der Waals surface area contributed by atoms with Crippen molar-refractivity contribution in [2.24, 2.45) is 0 Å².